The predicted octanol–water partition coefficient (Wildman–Crippen LogP) is 2.96. The Bertz CT molecular complexity index is 516. The number of hydrogen-bond donors (Lipinski definition) is 1. The van der Waals surface area contributed by atoms with Crippen molar-refractivity contribution in [3.63, 3.8) is 0 Å². The number of aryl methyl sites for hydroxylation is 1. The van der Waals surface area contributed by atoms with Crippen LogP contribution in [0.4, 0.5) is 0 Å². The zero-order valence-corrected chi connectivity index (χ0v) is 11.9. The van der Waals surface area contributed by atoms with E-state index in [9.17, 15) is 0 Å². The first-order chi connectivity index (χ1) is 9.20. The molecule has 0 saturated carbocycles. The Balaban J connectivity index is 2.10. The molecule has 0 amide bonds. The van der Waals surface area contributed by atoms with Crippen molar-refractivity contribution in [2.24, 2.45) is 5.73 Å². The Morgan fingerprint density at radius 1 is 1.32 bits per heavy atom. The van der Waals surface area contributed by atoms with Gasteiger partial charge in [-0.3, -0.25) is 0 Å². The highest BCUT2D eigenvalue weighted by Gasteiger charge is 2.04. The van der Waals surface area contributed by atoms with E-state index in [-0.39, 0.29) is 6.04 Å². The van der Waals surface area contributed by atoms with Crippen LogP contribution in [-0.2, 0) is 17.7 Å². The number of rotatable bonds is 7. The normalized spacial score (nSPS) is 13.0. The predicted molar refractivity (Wildman–Crippen MR) is 80.4 cm³/mol. The molecule has 0 bridgehead atoms. The number of fused-ring (bicyclic) bond motifs is 1. The lowest BCUT2D eigenvalue weighted by atomic mass is 10.1. The lowest BCUT2D eigenvalue weighted by Crippen LogP contribution is -2.17. The highest BCUT2D eigenvalue weighted by Crippen LogP contribution is 2.19. The third-order valence-corrected chi connectivity index (χ3v) is 3.29. The summed E-state index contributed by atoms with van der Waals surface area (Å²) in [4.78, 5) is 0. The molecule has 1 unspecified atom stereocenters. The summed E-state index contributed by atoms with van der Waals surface area (Å²) in [6.45, 7) is 6.71. The van der Waals surface area contributed by atoms with Crippen molar-refractivity contribution in [2.75, 3.05) is 13.2 Å². The molecule has 2 aromatic rings. The molecule has 0 aliphatic rings. The van der Waals surface area contributed by atoms with Crippen LogP contribution >= 0.6 is 0 Å². The first kappa shape index (κ1) is 14.1. The average Bonchev–Trinajstić information content (AvgIpc) is 2.77. The molecule has 1 atom stereocenters. The lowest BCUT2D eigenvalue weighted by Gasteiger charge is -2.08. The van der Waals surface area contributed by atoms with E-state index in [1.807, 2.05) is 13.8 Å². The molecule has 0 aliphatic carbocycles. The van der Waals surface area contributed by atoms with E-state index in [0.29, 0.717) is 0 Å². The van der Waals surface area contributed by atoms with Gasteiger partial charge >= 0.3 is 0 Å². The smallest absolute Gasteiger partial charge is 0.0483 e. The summed E-state index contributed by atoms with van der Waals surface area (Å²) in [5.74, 6) is 0. The SMILES string of the molecule is CCOCCCn1ccc2ccc(CC(C)N)cc21. The number of ether oxygens (including phenoxy) is 1. The van der Waals surface area contributed by atoms with Crippen LogP contribution in [0.15, 0.2) is 30.5 Å². The molecule has 1 aromatic heterocycles. The molecule has 1 heterocycles. The van der Waals surface area contributed by atoms with E-state index in [0.717, 1.165) is 32.6 Å². The Morgan fingerprint density at radius 3 is 2.89 bits per heavy atom. The summed E-state index contributed by atoms with van der Waals surface area (Å²) in [7, 11) is 0. The van der Waals surface area contributed by atoms with Gasteiger partial charge in [-0.25, -0.2) is 0 Å². The maximum Gasteiger partial charge on any atom is 0.0483 e. The number of benzene rings is 1. The van der Waals surface area contributed by atoms with Gasteiger partial charge in [0.2, 0.25) is 0 Å². The maximum atomic E-state index is 5.87. The Hall–Kier alpha value is -1.32. The fourth-order valence-electron chi connectivity index (χ4n) is 2.40. The zero-order chi connectivity index (χ0) is 13.7. The Labute approximate surface area is 115 Å². The van der Waals surface area contributed by atoms with Gasteiger partial charge in [-0.15, -0.1) is 0 Å². The molecule has 104 valence electrons. The lowest BCUT2D eigenvalue weighted by molar-refractivity contribution is 0.142. The minimum Gasteiger partial charge on any atom is -0.382 e. The summed E-state index contributed by atoms with van der Waals surface area (Å²) < 4.78 is 7.69. The topological polar surface area (TPSA) is 40.2 Å². The van der Waals surface area contributed by atoms with Gasteiger partial charge in [-0.2, -0.15) is 0 Å². The van der Waals surface area contributed by atoms with Crippen molar-refractivity contribution in [1.82, 2.24) is 4.57 Å². The summed E-state index contributed by atoms with van der Waals surface area (Å²) in [6.07, 6.45) is 4.14. The molecule has 0 saturated heterocycles. The quantitative estimate of drug-likeness (QED) is 0.777. The molecular formula is C16H24N2O. The van der Waals surface area contributed by atoms with Crippen LogP contribution in [0.3, 0.4) is 0 Å². The average molecular weight is 260 g/mol. The van der Waals surface area contributed by atoms with Crippen molar-refractivity contribution in [3.05, 3.63) is 36.0 Å². The highest BCUT2D eigenvalue weighted by atomic mass is 16.5. The van der Waals surface area contributed by atoms with E-state index in [4.69, 9.17) is 10.5 Å². The molecule has 19 heavy (non-hydrogen) atoms. The summed E-state index contributed by atoms with van der Waals surface area (Å²) >= 11 is 0. The number of aromatic nitrogens is 1. The van der Waals surface area contributed by atoms with Gasteiger partial charge in [-0.1, -0.05) is 12.1 Å². The van der Waals surface area contributed by atoms with Crippen LogP contribution in [-0.4, -0.2) is 23.8 Å². The minimum atomic E-state index is 0.207. The molecule has 3 nitrogen and oxygen atoms in total. The molecule has 0 spiro atoms. The van der Waals surface area contributed by atoms with E-state index >= 15 is 0 Å². The van der Waals surface area contributed by atoms with Gasteiger partial charge in [-0.05, 0) is 49.8 Å². The first-order valence-electron chi connectivity index (χ1n) is 7.12. The zero-order valence-electron chi connectivity index (χ0n) is 11.9. The van der Waals surface area contributed by atoms with Gasteiger partial charge in [0.15, 0.2) is 0 Å². The number of hydrogen-bond acceptors (Lipinski definition) is 2. The van der Waals surface area contributed by atoms with Crippen LogP contribution in [0, 0.1) is 0 Å². The van der Waals surface area contributed by atoms with Gasteiger partial charge in [0.05, 0.1) is 0 Å². The Morgan fingerprint density at radius 2 is 2.16 bits per heavy atom. The van der Waals surface area contributed by atoms with Gasteiger partial charge < -0.3 is 15.0 Å². The van der Waals surface area contributed by atoms with Crippen molar-refractivity contribution in [1.29, 1.82) is 0 Å². The van der Waals surface area contributed by atoms with Gasteiger partial charge in [0.1, 0.15) is 0 Å². The monoisotopic (exact) mass is 260 g/mol. The molecule has 2 N–H and O–H groups in total. The molecule has 0 radical (unpaired) electrons. The van der Waals surface area contributed by atoms with E-state index in [1.165, 1.54) is 16.5 Å². The van der Waals surface area contributed by atoms with E-state index in [1.54, 1.807) is 0 Å². The van der Waals surface area contributed by atoms with Crippen LogP contribution in [0.1, 0.15) is 25.8 Å². The maximum absolute atomic E-state index is 5.87. The number of nitrogens with two attached hydrogens (primary N) is 1. The fraction of sp³-hybridized carbons (Fsp3) is 0.500. The van der Waals surface area contributed by atoms with Crippen molar-refractivity contribution in [2.45, 2.75) is 39.3 Å². The Kier molecular flexibility index (Phi) is 5.00. The van der Waals surface area contributed by atoms with Crippen molar-refractivity contribution in [3.8, 4) is 0 Å². The van der Waals surface area contributed by atoms with Crippen LogP contribution in [0.2, 0.25) is 0 Å². The second-order valence-electron chi connectivity index (χ2n) is 5.13. The van der Waals surface area contributed by atoms with Crippen molar-refractivity contribution < 1.29 is 4.74 Å². The van der Waals surface area contributed by atoms with Crippen LogP contribution in [0.25, 0.3) is 10.9 Å². The second kappa shape index (κ2) is 6.73. The fourth-order valence-corrected chi connectivity index (χ4v) is 2.40. The molecule has 3 heteroatoms. The second-order valence-corrected chi connectivity index (χ2v) is 5.13. The summed E-state index contributed by atoms with van der Waals surface area (Å²) in [6, 6.07) is 9.01. The summed E-state index contributed by atoms with van der Waals surface area (Å²) in [5, 5.41) is 1.30. The molecule has 0 aliphatic heterocycles. The highest BCUT2D eigenvalue weighted by molar-refractivity contribution is 5.80. The molecular weight excluding hydrogens is 236 g/mol. The number of nitrogens with zero attached hydrogens (tertiary/aromatic N) is 1. The summed E-state index contributed by atoms with van der Waals surface area (Å²) in [5.41, 5.74) is 8.48. The third-order valence-electron chi connectivity index (χ3n) is 3.29. The molecule has 0 fully saturated rings. The molecule has 2 rings (SSSR count). The van der Waals surface area contributed by atoms with Gasteiger partial charge in [0.25, 0.3) is 0 Å². The van der Waals surface area contributed by atoms with Crippen LogP contribution < -0.4 is 5.73 Å². The van der Waals surface area contributed by atoms with Gasteiger partial charge in [0, 0.05) is 37.5 Å². The minimum absolute atomic E-state index is 0.207. The van der Waals surface area contributed by atoms with E-state index < -0.39 is 0 Å². The van der Waals surface area contributed by atoms with E-state index in [2.05, 4.69) is 35.0 Å². The van der Waals surface area contributed by atoms with Crippen molar-refractivity contribution >= 4 is 10.9 Å². The standard InChI is InChI=1S/C16H24N2O/c1-3-19-10-4-8-18-9-7-15-6-5-14(11-13(2)17)12-16(15)18/h5-7,9,12-13H,3-4,8,10-11,17H2,1-2H3. The largest absolute Gasteiger partial charge is 0.382 e. The first-order valence-corrected chi connectivity index (χ1v) is 7.12. The van der Waals surface area contributed by atoms with Crippen LogP contribution in [0.5, 0.6) is 0 Å². The third kappa shape index (κ3) is 3.82. The molecule has 1 aromatic carbocycles.